The summed E-state index contributed by atoms with van der Waals surface area (Å²) in [5.74, 6) is 0.156. The fourth-order valence-electron chi connectivity index (χ4n) is 4.38. The Hall–Kier alpha value is -3.97. The Morgan fingerprint density at radius 1 is 1.29 bits per heavy atom. The Morgan fingerprint density at radius 3 is 2.74 bits per heavy atom. The van der Waals surface area contributed by atoms with Gasteiger partial charge in [0.2, 0.25) is 5.95 Å². The van der Waals surface area contributed by atoms with Crippen LogP contribution in [0.5, 0.6) is 0 Å². The first-order valence-electron chi connectivity index (χ1n) is 11.6. The highest BCUT2D eigenvalue weighted by Gasteiger charge is 2.26. The van der Waals surface area contributed by atoms with Crippen LogP contribution in [-0.4, -0.2) is 43.6 Å². The molecule has 0 bridgehead atoms. The SMILES string of the molecule is CC(C)=CCn1c(N2CCCC(N)C2)nc2c1c(=O)n(CC(=O)c1cccc(C#N)c1)c(=O)n2C. The molecular formula is C25H29N7O3. The predicted molar refractivity (Wildman–Crippen MR) is 134 cm³/mol. The average molecular weight is 476 g/mol. The number of aryl methyl sites for hydroxylation is 1. The fraction of sp³-hybridized carbons (Fsp3) is 0.400. The smallest absolute Gasteiger partial charge is 0.332 e. The van der Waals surface area contributed by atoms with Crippen molar-refractivity contribution >= 4 is 22.9 Å². The molecule has 0 saturated carbocycles. The van der Waals surface area contributed by atoms with Gasteiger partial charge in [0.1, 0.15) is 0 Å². The van der Waals surface area contributed by atoms with Gasteiger partial charge in [0.15, 0.2) is 16.9 Å². The second-order valence-corrected chi connectivity index (χ2v) is 9.17. The van der Waals surface area contributed by atoms with E-state index in [2.05, 4.69) is 4.90 Å². The highest BCUT2D eigenvalue weighted by Crippen LogP contribution is 2.23. The van der Waals surface area contributed by atoms with Crippen molar-refractivity contribution in [1.29, 1.82) is 5.26 Å². The minimum atomic E-state index is -0.624. The summed E-state index contributed by atoms with van der Waals surface area (Å²) in [5, 5.41) is 9.13. The fourth-order valence-corrected chi connectivity index (χ4v) is 4.38. The lowest BCUT2D eigenvalue weighted by Crippen LogP contribution is -2.44. The lowest BCUT2D eigenvalue weighted by Gasteiger charge is -2.31. The number of Topliss-reactive ketones (excluding diaryl/α,β-unsaturated/α-hetero) is 1. The summed E-state index contributed by atoms with van der Waals surface area (Å²) in [6.07, 6.45) is 3.82. The number of fused-ring (bicyclic) bond motifs is 1. The van der Waals surface area contributed by atoms with Crippen LogP contribution in [-0.2, 0) is 20.1 Å². The molecule has 1 aromatic carbocycles. The van der Waals surface area contributed by atoms with E-state index >= 15 is 0 Å². The van der Waals surface area contributed by atoms with Crippen LogP contribution in [0, 0.1) is 11.3 Å². The number of rotatable bonds is 6. The van der Waals surface area contributed by atoms with Crippen molar-refractivity contribution in [2.75, 3.05) is 18.0 Å². The first kappa shape index (κ1) is 24.2. The molecule has 1 aliphatic rings. The number of benzene rings is 1. The molecule has 10 nitrogen and oxygen atoms in total. The molecule has 3 aromatic rings. The topological polar surface area (TPSA) is 132 Å². The Kier molecular flexibility index (Phi) is 6.71. The molecule has 1 fully saturated rings. The van der Waals surface area contributed by atoms with E-state index in [1.54, 1.807) is 29.8 Å². The molecular weight excluding hydrogens is 446 g/mol. The maximum atomic E-state index is 13.6. The van der Waals surface area contributed by atoms with Crippen LogP contribution >= 0.6 is 0 Å². The zero-order chi connectivity index (χ0) is 25.3. The highest BCUT2D eigenvalue weighted by atomic mass is 16.2. The minimum absolute atomic E-state index is 0.00254. The number of imidazole rings is 1. The minimum Gasteiger partial charge on any atom is -0.341 e. The van der Waals surface area contributed by atoms with E-state index in [-0.39, 0.29) is 22.8 Å². The molecule has 182 valence electrons. The number of ketones is 1. The summed E-state index contributed by atoms with van der Waals surface area (Å²) in [6, 6.07) is 8.19. The van der Waals surface area contributed by atoms with E-state index in [1.807, 2.05) is 26.0 Å². The Balaban J connectivity index is 1.87. The molecule has 1 saturated heterocycles. The third-order valence-corrected chi connectivity index (χ3v) is 6.25. The van der Waals surface area contributed by atoms with Crippen LogP contribution in [0.4, 0.5) is 5.95 Å². The van der Waals surface area contributed by atoms with Crippen molar-refractivity contribution in [2.24, 2.45) is 12.8 Å². The molecule has 10 heteroatoms. The first-order valence-corrected chi connectivity index (χ1v) is 11.6. The number of hydrogen-bond donors (Lipinski definition) is 1. The summed E-state index contributed by atoms with van der Waals surface area (Å²) in [5.41, 5.74) is 7.20. The van der Waals surface area contributed by atoms with Gasteiger partial charge in [-0.2, -0.15) is 10.2 Å². The van der Waals surface area contributed by atoms with Gasteiger partial charge in [-0.15, -0.1) is 0 Å². The van der Waals surface area contributed by atoms with Crippen molar-refractivity contribution in [1.82, 2.24) is 18.7 Å². The van der Waals surface area contributed by atoms with Crippen molar-refractivity contribution in [3.63, 3.8) is 0 Å². The summed E-state index contributed by atoms with van der Waals surface area (Å²) in [7, 11) is 1.55. The molecule has 0 spiro atoms. The number of piperidine rings is 1. The number of allylic oxidation sites excluding steroid dienone is 2. The Labute approximate surface area is 202 Å². The quantitative estimate of drug-likeness (QED) is 0.422. The van der Waals surface area contributed by atoms with Gasteiger partial charge in [0.05, 0.1) is 18.2 Å². The largest absolute Gasteiger partial charge is 0.341 e. The Bertz CT molecular complexity index is 1480. The van der Waals surface area contributed by atoms with Gasteiger partial charge in [0, 0.05) is 38.3 Å². The average Bonchev–Trinajstić information content (AvgIpc) is 3.23. The first-order chi connectivity index (χ1) is 16.7. The van der Waals surface area contributed by atoms with E-state index in [0.29, 0.717) is 24.6 Å². The monoisotopic (exact) mass is 475 g/mol. The molecule has 2 aromatic heterocycles. The van der Waals surface area contributed by atoms with E-state index in [9.17, 15) is 14.4 Å². The van der Waals surface area contributed by atoms with Crippen molar-refractivity contribution in [3.8, 4) is 6.07 Å². The van der Waals surface area contributed by atoms with E-state index in [1.165, 1.54) is 10.6 Å². The normalized spacial score (nSPS) is 15.7. The van der Waals surface area contributed by atoms with Crippen molar-refractivity contribution in [3.05, 3.63) is 67.9 Å². The maximum absolute atomic E-state index is 13.6. The molecule has 1 unspecified atom stereocenters. The maximum Gasteiger partial charge on any atom is 0.332 e. The van der Waals surface area contributed by atoms with Crippen molar-refractivity contribution in [2.45, 2.75) is 45.8 Å². The molecule has 2 N–H and O–H groups in total. The lowest BCUT2D eigenvalue weighted by molar-refractivity contribution is 0.0969. The summed E-state index contributed by atoms with van der Waals surface area (Å²) >= 11 is 0. The van der Waals surface area contributed by atoms with Crippen LogP contribution in [0.1, 0.15) is 42.6 Å². The third kappa shape index (κ3) is 4.68. The van der Waals surface area contributed by atoms with Gasteiger partial charge in [-0.1, -0.05) is 23.8 Å². The van der Waals surface area contributed by atoms with Gasteiger partial charge < -0.3 is 15.2 Å². The zero-order valence-corrected chi connectivity index (χ0v) is 20.2. The predicted octanol–water partition coefficient (Wildman–Crippen LogP) is 1.54. The van der Waals surface area contributed by atoms with Crippen LogP contribution in [0.3, 0.4) is 0 Å². The van der Waals surface area contributed by atoms with Crippen LogP contribution < -0.4 is 21.9 Å². The van der Waals surface area contributed by atoms with Crippen molar-refractivity contribution < 1.29 is 4.79 Å². The molecule has 1 aliphatic heterocycles. The molecule has 4 rings (SSSR count). The number of anilines is 1. The lowest BCUT2D eigenvalue weighted by atomic mass is 10.1. The summed E-state index contributed by atoms with van der Waals surface area (Å²) < 4.78 is 4.05. The molecule has 3 heterocycles. The van der Waals surface area contributed by atoms with Gasteiger partial charge in [-0.05, 0) is 38.8 Å². The summed E-state index contributed by atoms with van der Waals surface area (Å²) in [6.45, 7) is 5.25. The number of aromatic nitrogens is 4. The van der Waals surface area contributed by atoms with Crippen LogP contribution in [0.25, 0.3) is 11.2 Å². The number of carbonyl (C=O) groups is 1. The standard InChI is InChI=1S/C25H29N7O3/c1-16(2)9-11-31-21-22(28-24(31)30-10-5-8-19(27)14-30)29(3)25(35)32(23(21)34)15-20(33)18-7-4-6-17(12-18)13-26/h4,6-7,9,12,19H,5,8,10-11,14-15,27H2,1-3H3. The van der Waals surface area contributed by atoms with Gasteiger partial charge in [-0.3, -0.25) is 18.7 Å². The number of nitriles is 1. The molecule has 35 heavy (non-hydrogen) atoms. The molecule has 0 radical (unpaired) electrons. The Morgan fingerprint density at radius 2 is 2.06 bits per heavy atom. The molecule has 0 amide bonds. The van der Waals surface area contributed by atoms with E-state index in [0.717, 1.165) is 29.5 Å². The molecule has 1 atom stereocenters. The molecule has 0 aliphatic carbocycles. The zero-order valence-electron chi connectivity index (χ0n) is 20.2. The van der Waals surface area contributed by atoms with Gasteiger partial charge in [0.25, 0.3) is 5.56 Å². The second kappa shape index (κ2) is 9.72. The van der Waals surface area contributed by atoms with E-state index in [4.69, 9.17) is 16.0 Å². The third-order valence-electron chi connectivity index (χ3n) is 6.25. The second-order valence-electron chi connectivity index (χ2n) is 9.17. The van der Waals surface area contributed by atoms with E-state index < -0.39 is 23.6 Å². The van der Waals surface area contributed by atoms with Crippen LogP contribution in [0.2, 0.25) is 0 Å². The summed E-state index contributed by atoms with van der Waals surface area (Å²) in [4.78, 5) is 46.5. The van der Waals surface area contributed by atoms with Gasteiger partial charge in [-0.25, -0.2) is 4.79 Å². The number of nitrogens with zero attached hydrogens (tertiary/aromatic N) is 6. The van der Waals surface area contributed by atoms with Gasteiger partial charge >= 0.3 is 5.69 Å². The highest BCUT2D eigenvalue weighted by molar-refractivity contribution is 5.96. The van der Waals surface area contributed by atoms with Crippen LogP contribution in [0.15, 0.2) is 45.5 Å². The number of hydrogen-bond acceptors (Lipinski definition) is 7. The number of carbonyl (C=O) groups excluding carboxylic acids is 1. The number of nitrogens with two attached hydrogens (primary N) is 1.